The van der Waals surface area contributed by atoms with Gasteiger partial charge in [0, 0.05) is 6.04 Å². The Bertz CT molecular complexity index is 478. The molecular formula is C14H15N. The molecule has 1 nitrogen and oxygen atoms in total. The van der Waals surface area contributed by atoms with Crippen molar-refractivity contribution in [3.05, 3.63) is 54.1 Å². The maximum atomic E-state index is 5.70. The summed E-state index contributed by atoms with van der Waals surface area (Å²) < 4.78 is 0. The predicted molar refractivity (Wildman–Crippen MR) is 66.6 cm³/mol. The first kappa shape index (κ1) is 9.94. The zero-order valence-corrected chi connectivity index (χ0v) is 8.85. The average Bonchev–Trinajstić information content (AvgIpc) is 2.26. The van der Waals surface area contributed by atoms with Crippen LogP contribution in [0.3, 0.4) is 0 Å². The summed E-state index contributed by atoms with van der Waals surface area (Å²) in [4.78, 5) is 0. The van der Waals surface area contributed by atoms with E-state index in [2.05, 4.69) is 48.5 Å². The van der Waals surface area contributed by atoms with E-state index in [0.29, 0.717) is 0 Å². The fourth-order valence-corrected chi connectivity index (χ4v) is 1.65. The summed E-state index contributed by atoms with van der Waals surface area (Å²) in [6, 6.07) is 14.8. The Morgan fingerprint density at radius 2 is 1.80 bits per heavy atom. The summed E-state index contributed by atoms with van der Waals surface area (Å²) in [7, 11) is 0. The van der Waals surface area contributed by atoms with Crippen LogP contribution in [0, 0.1) is 0 Å². The largest absolute Gasteiger partial charge is 0.325 e. The highest BCUT2D eigenvalue weighted by Gasteiger charge is 1.96. The molecule has 1 unspecified atom stereocenters. The molecule has 2 aromatic carbocycles. The Morgan fingerprint density at radius 1 is 1.07 bits per heavy atom. The molecule has 0 saturated carbocycles. The zero-order chi connectivity index (χ0) is 10.7. The summed E-state index contributed by atoms with van der Waals surface area (Å²) in [5.41, 5.74) is 6.92. The van der Waals surface area contributed by atoms with Crippen LogP contribution in [0.5, 0.6) is 0 Å². The molecule has 2 N–H and O–H groups in total. The number of fused-ring (bicyclic) bond motifs is 1. The van der Waals surface area contributed by atoms with Crippen LogP contribution in [0.2, 0.25) is 0 Å². The fraction of sp³-hybridized carbons (Fsp3) is 0.143. The molecule has 1 heteroatoms. The molecule has 0 radical (unpaired) electrons. The third kappa shape index (κ3) is 2.25. The van der Waals surface area contributed by atoms with Crippen molar-refractivity contribution in [2.45, 2.75) is 13.0 Å². The Balaban J connectivity index is 2.51. The number of benzene rings is 2. The number of rotatable bonds is 2. The second kappa shape index (κ2) is 4.28. The number of hydrogen-bond acceptors (Lipinski definition) is 1. The molecule has 1 atom stereocenters. The molecule has 0 aliphatic heterocycles. The molecule has 0 aliphatic rings. The van der Waals surface area contributed by atoms with Gasteiger partial charge in [-0.2, -0.15) is 0 Å². The molecule has 2 aromatic rings. The minimum absolute atomic E-state index is 0.101. The lowest BCUT2D eigenvalue weighted by atomic mass is 10.0. The fourth-order valence-electron chi connectivity index (χ4n) is 1.65. The van der Waals surface area contributed by atoms with Gasteiger partial charge in [0.05, 0.1) is 0 Å². The standard InChI is InChI=1S/C14H15N/c1-11(15)9-10-13-7-4-6-12-5-2-3-8-14(12)13/h2-11H,15H2,1H3/b10-9+. The van der Waals surface area contributed by atoms with Crippen molar-refractivity contribution in [2.24, 2.45) is 5.73 Å². The Morgan fingerprint density at radius 3 is 2.60 bits per heavy atom. The Hall–Kier alpha value is -1.60. The molecule has 0 amide bonds. The van der Waals surface area contributed by atoms with Crippen LogP contribution in [-0.2, 0) is 0 Å². The third-order valence-electron chi connectivity index (χ3n) is 2.40. The summed E-state index contributed by atoms with van der Waals surface area (Å²) in [6.45, 7) is 1.97. The highest BCUT2D eigenvalue weighted by Crippen LogP contribution is 2.19. The Labute approximate surface area is 90.2 Å². The topological polar surface area (TPSA) is 26.0 Å². The van der Waals surface area contributed by atoms with E-state index < -0.39 is 0 Å². The van der Waals surface area contributed by atoms with Crippen molar-refractivity contribution in [3.63, 3.8) is 0 Å². The van der Waals surface area contributed by atoms with E-state index in [9.17, 15) is 0 Å². The molecule has 0 aliphatic carbocycles. The summed E-state index contributed by atoms with van der Waals surface area (Å²) in [6.07, 6.45) is 4.11. The van der Waals surface area contributed by atoms with Gasteiger partial charge in [-0.05, 0) is 23.3 Å². The first-order chi connectivity index (χ1) is 7.27. The minimum atomic E-state index is 0.101. The van der Waals surface area contributed by atoms with E-state index in [1.807, 2.05) is 13.0 Å². The summed E-state index contributed by atoms with van der Waals surface area (Å²) >= 11 is 0. The lowest BCUT2D eigenvalue weighted by molar-refractivity contribution is 0.931. The van der Waals surface area contributed by atoms with Gasteiger partial charge in [0.1, 0.15) is 0 Å². The van der Waals surface area contributed by atoms with Gasteiger partial charge < -0.3 is 5.73 Å². The quantitative estimate of drug-likeness (QED) is 0.786. The first-order valence-electron chi connectivity index (χ1n) is 5.19. The van der Waals surface area contributed by atoms with Gasteiger partial charge in [-0.25, -0.2) is 0 Å². The van der Waals surface area contributed by atoms with Crippen LogP contribution in [0.1, 0.15) is 12.5 Å². The lowest BCUT2D eigenvalue weighted by Crippen LogP contribution is -2.09. The molecule has 76 valence electrons. The Kier molecular flexibility index (Phi) is 2.84. The summed E-state index contributed by atoms with van der Waals surface area (Å²) in [5, 5.41) is 2.54. The van der Waals surface area contributed by atoms with E-state index in [4.69, 9.17) is 5.73 Å². The van der Waals surface area contributed by atoms with Crippen molar-refractivity contribution in [3.8, 4) is 0 Å². The second-order valence-corrected chi connectivity index (χ2v) is 3.79. The van der Waals surface area contributed by atoms with Gasteiger partial charge in [-0.15, -0.1) is 0 Å². The average molecular weight is 197 g/mol. The molecule has 0 aromatic heterocycles. The van der Waals surface area contributed by atoms with Gasteiger partial charge in [0.25, 0.3) is 0 Å². The zero-order valence-electron chi connectivity index (χ0n) is 8.85. The van der Waals surface area contributed by atoms with Crippen LogP contribution >= 0.6 is 0 Å². The monoisotopic (exact) mass is 197 g/mol. The predicted octanol–water partition coefficient (Wildman–Crippen LogP) is 3.20. The maximum Gasteiger partial charge on any atom is 0.0198 e. The molecule has 0 saturated heterocycles. The minimum Gasteiger partial charge on any atom is -0.325 e. The second-order valence-electron chi connectivity index (χ2n) is 3.79. The normalized spacial score (nSPS) is 13.5. The number of nitrogens with two attached hydrogens (primary N) is 1. The molecule has 2 rings (SSSR count). The van der Waals surface area contributed by atoms with Crippen LogP contribution in [0.25, 0.3) is 16.8 Å². The van der Waals surface area contributed by atoms with Gasteiger partial charge in [0.2, 0.25) is 0 Å². The van der Waals surface area contributed by atoms with Gasteiger partial charge in [0.15, 0.2) is 0 Å². The van der Waals surface area contributed by atoms with E-state index in [0.717, 1.165) is 0 Å². The van der Waals surface area contributed by atoms with Crippen LogP contribution in [0.4, 0.5) is 0 Å². The maximum absolute atomic E-state index is 5.70. The molecule has 0 spiro atoms. The molecule has 0 heterocycles. The van der Waals surface area contributed by atoms with E-state index >= 15 is 0 Å². The molecular weight excluding hydrogens is 182 g/mol. The highest BCUT2D eigenvalue weighted by atomic mass is 14.6. The third-order valence-corrected chi connectivity index (χ3v) is 2.40. The lowest BCUT2D eigenvalue weighted by Gasteiger charge is -2.02. The van der Waals surface area contributed by atoms with Crippen LogP contribution in [0.15, 0.2) is 48.5 Å². The summed E-state index contributed by atoms with van der Waals surface area (Å²) in [5.74, 6) is 0. The van der Waals surface area contributed by atoms with Gasteiger partial charge >= 0.3 is 0 Å². The molecule has 0 bridgehead atoms. The van der Waals surface area contributed by atoms with Gasteiger partial charge in [-0.1, -0.05) is 54.6 Å². The van der Waals surface area contributed by atoms with Crippen molar-refractivity contribution >= 4 is 16.8 Å². The molecule has 0 fully saturated rings. The van der Waals surface area contributed by atoms with E-state index in [1.54, 1.807) is 0 Å². The van der Waals surface area contributed by atoms with Crippen molar-refractivity contribution in [1.82, 2.24) is 0 Å². The molecule has 15 heavy (non-hydrogen) atoms. The van der Waals surface area contributed by atoms with Gasteiger partial charge in [-0.3, -0.25) is 0 Å². The van der Waals surface area contributed by atoms with Crippen molar-refractivity contribution in [1.29, 1.82) is 0 Å². The van der Waals surface area contributed by atoms with Crippen molar-refractivity contribution in [2.75, 3.05) is 0 Å². The smallest absolute Gasteiger partial charge is 0.0198 e. The van der Waals surface area contributed by atoms with Crippen molar-refractivity contribution < 1.29 is 0 Å². The van der Waals surface area contributed by atoms with Crippen LogP contribution in [-0.4, -0.2) is 6.04 Å². The SMILES string of the molecule is CC(N)/C=C/c1cccc2ccccc12. The van der Waals surface area contributed by atoms with E-state index in [1.165, 1.54) is 16.3 Å². The number of hydrogen-bond donors (Lipinski definition) is 1. The first-order valence-corrected chi connectivity index (χ1v) is 5.19. The van der Waals surface area contributed by atoms with Crippen LogP contribution < -0.4 is 5.73 Å². The van der Waals surface area contributed by atoms with E-state index in [-0.39, 0.29) is 6.04 Å². The highest BCUT2D eigenvalue weighted by molar-refractivity contribution is 5.90.